The van der Waals surface area contributed by atoms with Gasteiger partial charge in [-0.2, -0.15) is 0 Å². The maximum atomic E-state index is 12.3. The second-order valence-corrected chi connectivity index (χ2v) is 5.16. The predicted molar refractivity (Wildman–Crippen MR) is 74.2 cm³/mol. The van der Waals surface area contributed by atoms with Crippen LogP contribution in [0.1, 0.15) is 10.4 Å². The van der Waals surface area contributed by atoms with Gasteiger partial charge in [-0.1, -0.05) is 0 Å². The lowest BCUT2D eigenvalue weighted by Gasteiger charge is -2.38. The number of nitrogens with zero attached hydrogens (tertiary/aromatic N) is 1. The van der Waals surface area contributed by atoms with Gasteiger partial charge in [-0.25, -0.2) is 0 Å². The number of hydrogen-bond donors (Lipinski definition) is 2. The number of nitrogens with two attached hydrogens (primary N) is 1. The minimum atomic E-state index is -0.596. The molecule has 3 rings (SSSR count). The van der Waals surface area contributed by atoms with E-state index in [2.05, 4.69) is 5.32 Å². The van der Waals surface area contributed by atoms with Crippen LogP contribution in [-0.4, -0.2) is 49.0 Å². The van der Waals surface area contributed by atoms with E-state index in [4.69, 9.17) is 15.2 Å². The minimum absolute atomic E-state index is 0.152. The highest BCUT2D eigenvalue weighted by molar-refractivity contribution is 5.97. The fourth-order valence-corrected chi connectivity index (χ4v) is 2.34. The van der Waals surface area contributed by atoms with Crippen LogP contribution in [0.15, 0.2) is 18.2 Å². The minimum Gasteiger partial charge on any atom is -0.454 e. The number of ether oxygens (including phenoxy) is 2. The topological polar surface area (TPSA) is 111 Å². The third-order valence-electron chi connectivity index (χ3n) is 3.60. The molecule has 0 aliphatic carbocycles. The molecule has 0 atom stereocenters. The highest BCUT2D eigenvalue weighted by Gasteiger charge is 2.36. The van der Waals surface area contributed by atoms with E-state index in [9.17, 15) is 14.4 Å². The van der Waals surface area contributed by atoms with Gasteiger partial charge in [-0.15, -0.1) is 0 Å². The summed E-state index contributed by atoms with van der Waals surface area (Å²) in [7, 11) is 0. The van der Waals surface area contributed by atoms with Crippen LogP contribution in [-0.2, 0) is 9.59 Å². The van der Waals surface area contributed by atoms with Crippen molar-refractivity contribution in [1.29, 1.82) is 0 Å². The maximum Gasteiger partial charge on any atom is 0.254 e. The van der Waals surface area contributed by atoms with Crippen LogP contribution in [0, 0.1) is 5.92 Å². The van der Waals surface area contributed by atoms with Crippen molar-refractivity contribution in [3.63, 3.8) is 0 Å². The number of likely N-dealkylation sites (tertiary alicyclic amines) is 1. The number of nitrogens with one attached hydrogen (secondary N) is 1. The van der Waals surface area contributed by atoms with Crippen LogP contribution in [0.25, 0.3) is 0 Å². The van der Waals surface area contributed by atoms with Crippen molar-refractivity contribution in [2.24, 2.45) is 11.7 Å². The molecular weight excluding hydrogens is 290 g/mol. The molecule has 1 aromatic rings. The zero-order valence-electron chi connectivity index (χ0n) is 11.7. The van der Waals surface area contributed by atoms with Crippen molar-refractivity contribution in [1.82, 2.24) is 10.2 Å². The second-order valence-electron chi connectivity index (χ2n) is 5.16. The molecule has 2 aliphatic rings. The van der Waals surface area contributed by atoms with Crippen LogP contribution in [0.3, 0.4) is 0 Å². The van der Waals surface area contributed by atoms with E-state index in [-0.39, 0.29) is 31.1 Å². The third kappa shape index (κ3) is 2.67. The summed E-state index contributed by atoms with van der Waals surface area (Å²) in [6.45, 7) is 0.597. The first-order valence-corrected chi connectivity index (χ1v) is 6.79. The molecule has 0 bridgehead atoms. The quantitative estimate of drug-likeness (QED) is 0.748. The predicted octanol–water partition coefficient (Wildman–Crippen LogP) is -0.911. The zero-order valence-corrected chi connectivity index (χ0v) is 11.7. The van der Waals surface area contributed by atoms with Gasteiger partial charge in [0.25, 0.3) is 5.91 Å². The molecule has 1 fully saturated rings. The van der Waals surface area contributed by atoms with Crippen LogP contribution >= 0.6 is 0 Å². The molecule has 8 heteroatoms. The molecule has 1 aromatic carbocycles. The zero-order chi connectivity index (χ0) is 15.7. The number of carbonyl (C=O) groups excluding carboxylic acids is 3. The molecule has 0 unspecified atom stereocenters. The molecule has 8 nitrogen and oxygen atoms in total. The first-order valence-electron chi connectivity index (χ1n) is 6.79. The van der Waals surface area contributed by atoms with Crippen molar-refractivity contribution in [2.45, 2.75) is 0 Å². The van der Waals surface area contributed by atoms with E-state index >= 15 is 0 Å². The molecule has 116 valence electrons. The van der Waals surface area contributed by atoms with Crippen LogP contribution in [0.2, 0.25) is 0 Å². The van der Waals surface area contributed by atoms with E-state index in [1.165, 1.54) is 0 Å². The molecule has 1 saturated heterocycles. The van der Waals surface area contributed by atoms with Crippen molar-refractivity contribution >= 4 is 17.7 Å². The first kappa shape index (κ1) is 14.2. The highest BCUT2D eigenvalue weighted by Crippen LogP contribution is 2.33. The molecule has 0 saturated carbocycles. The molecule has 3 amide bonds. The van der Waals surface area contributed by atoms with Gasteiger partial charge in [0.05, 0.1) is 12.5 Å². The van der Waals surface area contributed by atoms with Gasteiger partial charge in [0, 0.05) is 18.7 Å². The first-order chi connectivity index (χ1) is 10.5. The molecule has 0 aromatic heterocycles. The summed E-state index contributed by atoms with van der Waals surface area (Å²) in [6, 6.07) is 4.98. The standard InChI is InChI=1S/C14H15N3O5/c15-12(18)4-16-13(19)9-5-17(6-9)14(20)8-1-2-10-11(3-8)22-7-21-10/h1-3,9H,4-7H2,(H2,15,18)(H,16,19). The lowest BCUT2D eigenvalue weighted by atomic mass is 9.97. The molecule has 22 heavy (non-hydrogen) atoms. The summed E-state index contributed by atoms with van der Waals surface area (Å²) in [6.07, 6.45) is 0. The van der Waals surface area contributed by atoms with Crippen molar-refractivity contribution in [3.8, 4) is 11.5 Å². The Morgan fingerprint density at radius 2 is 1.95 bits per heavy atom. The highest BCUT2D eigenvalue weighted by atomic mass is 16.7. The van der Waals surface area contributed by atoms with Gasteiger partial charge in [-0.3, -0.25) is 14.4 Å². The van der Waals surface area contributed by atoms with Crippen molar-refractivity contribution in [3.05, 3.63) is 23.8 Å². The van der Waals surface area contributed by atoms with E-state index in [1.807, 2.05) is 0 Å². The van der Waals surface area contributed by atoms with Gasteiger partial charge < -0.3 is 25.4 Å². The Hall–Kier alpha value is -2.77. The van der Waals surface area contributed by atoms with E-state index in [0.717, 1.165) is 0 Å². The number of fused-ring (bicyclic) bond motifs is 1. The number of hydrogen-bond acceptors (Lipinski definition) is 5. The average molecular weight is 305 g/mol. The third-order valence-corrected chi connectivity index (χ3v) is 3.60. The fourth-order valence-electron chi connectivity index (χ4n) is 2.34. The van der Waals surface area contributed by atoms with Crippen LogP contribution in [0.5, 0.6) is 11.5 Å². The lowest BCUT2D eigenvalue weighted by Crippen LogP contribution is -2.56. The number of benzene rings is 1. The summed E-state index contributed by atoms with van der Waals surface area (Å²) in [5.74, 6) is -0.185. The van der Waals surface area contributed by atoms with Crippen molar-refractivity contribution < 1.29 is 23.9 Å². The Morgan fingerprint density at radius 3 is 2.68 bits per heavy atom. The summed E-state index contributed by atoms with van der Waals surface area (Å²) in [5.41, 5.74) is 5.44. The second kappa shape index (κ2) is 5.55. The van der Waals surface area contributed by atoms with E-state index in [0.29, 0.717) is 30.2 Å². The molecule has 3 N–H and O–H groups in total. The Kier molecular flexibility index (Phi) is 3.58. The SMILES string of the molecule is NC(=O)CNC(=O)C1CN(C(=O)c2ccc3c(c2)OCO3)C1. The van der Waals surface area contributed by atoms with Gasteiger partial charge >= 0.3 is 0 Å². The monoisotopic (exact) mass is 305 g/mol. The molecule has 2 heterocycles. The smallest absolute Gasteiger partial charge is 0.254 e. The number of carbonyl (C=O) groups is 3. The number of rotatable bonds is 4. The van der Waals surface area contributed by atoms with Crippen molar-refractivity contribution in [2.75, 3.05) is 26.4 Å². The Balaban J connectivity index is 1.55. The van der Waals surface area contributed by atoms with Crippen LogP contribution in [0.4, 0.5) is 0 Å². The molecule has 0 spiro atoms. The van der Waals surface area contributed by atoms with Gasteiger partial charge in [0.1, 0.15) is 0 Å². The largest absolute Gasteiger partial charge is 0.454 e. The number of amides is 3. The molecule has 0 radical (unpaired) electrons. The molecule has 2 aliphatic heterocycles. The average Bonchev–Trinajstić information content (AvgIpc) is 2.90. The van der Waals surface area contributed by atoms with Gasteiger partial charge in [0.15, 0.2) is 11.5 Å². The van der Waals surface area contributed by atoms with Gasteiger partial charge in [0.2, 0.25) is 18.6 Å². The Labute approximate surface area is 126 Å². The summed E-state index contributed by atoms with van der Waals surface area (Å²) >= 11 is 0. The van der Waals surface area contributed by atoms with E-state index < -0.39 is 5.91 Å². The molecular formula is C14H15N3O5. The summed E-state index contributed by atoms with van der Waals surface area (Å²) in [4.78, 5) is 36.1. The van der Waals surface area contributed by atoms with Gasteiger partial charge in [-0.05, 0) is 18.2 Å². The van der Waals surface area contributed by atoms with E-state index in [1.54, 1.807) is 23.1 Å². The fraction of sp³-hybridized carbons (Fsp3) is 0.357. The lowest BCUT2D eigenvalue weighted by molar-refractivity contribution is -0.131. The van der Waals surface area contributed by atoms with Crippen LogP contribution < -0.4 is 20.5 Å². The number of primary amides is 1. The normalized spacial score (nSPS) is 16.1. The maximum absolute atomic E-state index is 12.3. The Morgan fingerprint density at radius 1 is 1.23 bits per heavy atom. The summed E-state index contributed by atoms with van der Waals surface area (Å²) in [5, 5.41) is 2.43. The Bertz CT molecular complexity index is 639. The summed E-state index contributed by atoms with van der Waals surface area (Å²) < 4.78 is 10.4.